The molecule has 0 aliphatic rings. The molecule has 0 aliphatic carbocycles. The van der Waals surface area contributed by atoms with E-state index in [9.17, 15) is 0 Å². The van der Waals surface area contributed by atoms with Gasteiger partial charge in [-0.15, -0.1) is 11.3 Å². The molecule has 15 heavy (non-hydrogen) atoms. The first-order valence-corrected chi connectivity index (χ1v) is 5.71. The summed E-state index contributed by atoms with van der Waals surface area (Å²) in [7, 11) is 0. The van der Waals surface area contributed by atoms with E-state index in [0.29, 0.717) is 0 Å². The highest BCUT2D eigenvalue weighted by molar-refractivity contribution is 7.13. The van der Waals surface area contributed by atoms with E-state index in [4.69, 9.17) is 9.52 Å². The van der Waals surface area contributed by atoms with Gasteiger partial charge in [-0.3, -0.25) is 0 Å². The van der Waals surface area contributed by atoms with Crippen molar-refractivity contribution in [1.29, 1.82) is 0 Å². The summed E-state index contributed by atoms with van der Waals surface area (Å²) >= 11 is 1.54. The number of hydrogen-bond donors (Lipinski definition) is 1. The molecule has 2 heterocycles. The SMILES string of the molecule is Cc1ccc(-c2nc(C(C)CO)cs2)o1. The van der Waals surface area contributed by atoms with Crippen molar-refractivity contribution in [2.75, 3.05) is 6.61 Å². The van der Waals surface area contributed by atoms with E-state index < -0.39 is 0 Å². The van der Waals surface area contributed by atoms with Gasteiger partial charge in [0.1, 0.15) is 5.76 Å². The maximum Gasteiger partial charge on any atom is 0.162 e. The Balaban J connectivity index is 2.27. The van der Waals surface area contributed by atoms with E-state index in [1.807, 2.05) is 31.4 Å². The number of hydrogen-bond acceptors (Lipinski definition) is 4. The molecular weight excluding hydrogens is 210 g/mol. The molecule has 0 bridgehead atoms. The summed E-state index contributed by atoms with van der Waals surface area (Å²) in [5.74, 6) is 1.77. The lowest BCUT2D eigenvalue weighted by Crippen LogP contribution is -1.98. The smallest absolute Gasteiger partial charge is 0.162 e. The highest BCUT2D eigenvalue weighted by Gasteiger charge is 2.12. The van der Waals surface area contributed by atoms with Crippen LogP contribution in [0.15, 0.2) is 21.9 Å². The lowest BCUT2D eigenvalue weighted by atomic mass is 10.1. The second-order valence-electron chi connectivity index (χ2n) is 3.57. The molecule has 80 valence electrons. The van der Waals surface area contributed by atoms with Gasteiger partial charge in [0.25, 0.3) is 0 Å². The number of aryl methyl sites for hydroxylation is 1. The fourth-order valence-corrected chi connectivity index (χ4v) is 2.17. The maximum atomic E-state index is 9.01. The van der Waals surface area contributed by atoms with E-state index in [1.165, 1.54) is 0 Å². The lowest BCUT2D eigenvalue weighted by molar-refractivity contribution is 0.271. The summed E-state index contributed by atoms with van der Waals surface area (Å²) in [4.78, 5) is 4.43. The topological polar surface area (TPSA) is 46.3 Å². The maximum absolute atomic E-state index is 9.01. The second-order valence-corrected chi connectivity index (χ2v) is 4.43. The van der Waals surface area contributed by atoms with Gasteiger partial charge in [-0.05, 0) is 19.1 Å². The van der Waals surface area contributed by atoms with Crippen LogP contribution in [0.4, 0.5) is 0 Å². The standard InChI is InChI=1S/C11H13NO2S/c1-7(5-13)9-6-15-11(12-9)10-4-3-8(2)14-10/h3-4,6-7,13H,5H2,1-2H3. The Morgan fingerprint density at radius 1 is 1.53 bits per heavy atom. The van der Waals surface area contributed by atoms with Gasteiger partial charge in [0, 0.05) is 11.3 Å². The van der Waals surface area contributed by atoms with Crippen molar-refractivity contribution >= 4 is 11.3 Å². The Morgan fingerprint density at radius 3 is 2.93 bits per heavy atom. The number of nitrogens with zero attached hydrogens (tertiary/aromatic N) is 1. The molecule has 0 aliphatic heterocycles. The number of rotatable bonds is 3. The Morgan fingerprint density at radius 2 is 2.33 bits per heavy atom. The van der Waals surface area contributed by atoms with Crippen molar-refractivity contribution in [3.05, 3.63) is 29.0 Å². The van der Waals surface area contributed by atoms with E-state index in [0.717, 1.165) is 22.2 Å². The number of aliphatic hydroxyl groups is 1. The second kappa shape index (κ2) is 4.16. The lowest BCUT2D eigenvalue weighted by Gasteiger charge is -2.01. The predicted octanol–water partition coefficient (Wildman–Crippen LogP) is 2.81. The largest absolute Gasteiger partial charge is 0.459 e. The van der Waals surface area contributed by atoms with E-state index in [1.54, 1.807) is 11.3 Å². The monoisotopic (exact) mass is 223 g/mol. The zero-order valence-electron chi connectivity index (χ0n) is 8.73. The first-order valence-electron chi connectivity index (χ1n) is 4.84. The minimum absolute atomic E-state index is 0.0889. The van der Waals surface area contributed by atoms with Crippen LogP contribution in [0.2, 0.25) is 0 Å². The Kier molecular flexibility index (Phi) is 2.88. The fraction of sp³-hybridized carbons (Fsp3) is 0.364. The average molecular weight is 223 g/mol. The molecule has 2 aromatic rings. The van der Waals surface area contributed by atoms with Gasteiger partial charge in [0.05, 0.1) is 12.3 Å². The number of furan rings is 1. The summed E-state index contributed by atoms with van der Waals surface area (Å²) in [6.45, 7) is 3.99. The van der Waals surface area contributed by atoms with Crippen molar-refractivity contribution in [3.8, 4) is 10.8 Å². The quantitative estimate of drug-likeness (QED) is 0.870. The van der Waals surface area contributed by atoms with Crippen LogP contribution in [0, 0.1) is 6.92 Å². The minimum Gasteiger partial charge on any atom is -0.459 e. The van der Waals surface area contributed by atoms with Gasteiger partial charge in [0.2, 0.25) is 0 Å². The number of thiazole rings is 1. The summed E-state index contributed by atoms with van der Waals surface area (Å²) < 4.78 is 5.48. The molecule has 2 aromatic heterocycles. The van der Waals surface area contributed by atoms with Crippen LogP contribution in [-0.2, 0) is 0 Å². The van der Waals surface area contributed by atoms with Crippen molar-refractivity contribution in [3.63, 3.8) is 0 Å². The third-order valence-corrected chi connectivity index (χ3v) is 3.13. The van der Waals surface area contributed by atoms with Crippen LogP contribution in [-0.4, -0.2) is 16.7 Å². The molecule has 0 spiro atoms. The van der Waals surface area contributed by atoms with Crippen molar-refractivity contribution in [2.24, 2.45) is 0 Å². The van der Waals surface area contributed by atoms with Gasteiger partial charge >= 0.3 is 0 Å². The molecule has 1 unspecified atom stereocenters. The first-order chi connectivity index (χ1) is 7.20. The summed E-state index contributed by atoms with van der Waals surface area (Å²) in [5.41, 5.74) is 0.923. The molecule has 1 N–H and O–H groups in total. The van der Waals surface area contributed by atoms with Gasteiger partial charge in [-0.1, -0.05) is 6.92 Å². The van der Waals surface area contributed by atoms with Crippen molar-refractivity contribution in [1.82, 2.24) is 4.98 Å². The van der Waals surface area contributed by atoms with E-state index >= 15 is 0 Å². The zero-order chi connectivity index (χ0) is 10.8. The fourth-order valence-electron chi connectivity index (χ4n) is 1.27. The van der Waals surface area contributed by atoms with Crippen LogP contribution >= 0.6 is 11.3 Å². The minimum atomic E-state index is 0.0889. The summed E-state index contributed by atoms with van der Waals surface area (Å²) in [6.07, 6.45) is 0. The van der Waals surface area contributed by atoms with Crippen LogP contribution in [0.3, 0.4) is 0 Å². The van der Waals surface area contributed by atoms with Gasteiger partial charge in [-0.2, -0.15) is 0 Å². The molecule has 2 rings (SSSR count). The molecule has 1 atom stereocenters. The molecule has 0 aromatic carbocycles. The molecule has 0 saturated heterocycles. The highest BCUT2D eigenvalue weighted by Crippen LogP contribution is 2.27. The van der Waals surface area contributed by atoms with Gasteiger partial charge in [0.15, 0.2) is 10.8 Å². The van der Waals surface area contributed by atoms with Crippen LogP contribution < -0.4 is 0 Å². The molecule has 0 amide bonds. The van der Waals surface area contributed by atoms with Crippen LogP contribution in [0.25, 0.3) is 10.8 Å². The predicted molar refractivity (Wildman–Crippen MR) is 60.1 cm³/mol. The normalized spacial score (nSPS) is 13.0. The van der Waals surface area contributed by atoms with Crippen molar-refractivity contribution in [2.45, 2.75) is 19.8 Å². The third kappa shape index (κ3) is 2.11. The Bertz CT molecular complexity index is 447. The molecule has 3 nitrogen and oxygen atoms in total. The molecule has 0 saturated carbocycles. The Labute approximate surface area is 92.4 Å². The average Bonchev–Trinajstić information content (AvgIpc) is 2.84. The van der Waals surface area contributed by atoms with Crippen LogP contribution in [0.5, 0.6) is 0 Å². The first kappa shape index (κ1) is 10.4. The number of aliphatic hydroxyl groups excluding tert-OH is 1. The number of aromatic nitrogens is 1. The van der Waals surface area contributed by atoms with Crippen molar-refractivity contribution < 1.29 is 9.52 Å². The summed E-state index contributed by atoms with van der Waals surface area (Å²) in [6, 6.07) is 3.84. The van der Waals surface area contributed by atoms with Gasteiger partial charge < -0.3 is 9.52 Å². The van der Waals surface area contributed by atoms with Crippen LogP contribution in [0.1, 0.15) is 24.3 Å². The zero-order valence-corrected chi connectivity index (χ0v) is 9.54. The summed E-state index contributed by atoms with van der Waals surface area (Å²) in [5, 5.41) is 11.9. The molecule has 0 fully saturated rings. The molecule has 0 radical (unpaired) electrons. The van der Waals surface area contributed by atoms with E-state index in [-0.39, 0.29) is 12.5 Å². The molecule has 4 heteroatoms. The van der Waals surface area contributed by atoms with Gasteiger partial charge in [-0.25, -0.2) is 4.98 Å². The van der Waals surface area contributed by atoms with E-state index in [2.05, 4.69) is 4.98 Å². The molecular formula is C11H13NO2S. The highest BCUT2D eigenvalue weighted by atomic mass is 32.1. The Hall–Kier alpha value is -1.13. The third-order valence-electron chi connectivity index (χ3n) is 2.25.